The average Bonchev–Trinajstić information content (AvgIpc) is 2.63. The van der Waals surface area contributed by atoms with E-state index in [0.717, 1.165) is 27.9 Å². The van der Waals surface area contributed by atoms with E-state index in [9.17, 15) is 4.79 Å². The third kappa shape index (κ3) is 3.24. The normalized spacial score (nSPS) is 12.2. The molecule has 0 spiro atoms. The summed E-state index contributed by atoms with van der Waals surface area (Å²) in [5.41, 5.74) is 11.4. The molecule has 27 heavy (non-hydrogen) atoms. The van der Waals surface area contributed by atoms with Crippen LogP contribution in [0.2, 0.25) is 0 Å². The number of hydrogen-bond donors (Lipinski definition) is 3. The van der Waals surface area contributed by atoms with Crippen LogP contribution in [-0.2, 0) is 7.05 Å². The third-order valence-electron chi connectivity index (χ3n) is 4.80. The lowest BCUT2D eigenvalue weighted by atomic mass is 10.0. The summed E-state index contributed by atoms with van der Waals surface area (Å²) in [6, 6.07) is 9.32. The van der Waals surface area contributed by atoms with Gasteiger partial charge in [-0.1, -0.05) is 6.07 Å². The van der Waals surface area contributed by atoms with Gasteiger partial charge in [-0.25, -0.2) is 4.98 Å². The number of fused-ring (bicyclic) bond motifs is 1. The second-order valence-corrected chi connectivity index (χ2v) is 6.97. The van der Waals surface area contributed by atoms with Gasteiger partial charge in [-0.15, -0.1) is 0 Å². The lowest BCUT2D eigenvalue weighted by Gasteiger charge is -2.16. The van der Waals surface area contributed by atoms with Crippen molar-refractivity contribution in [2.75, 3.05) is 12.4 Å². The van der Waals surface area contributed by atoms with Gasteiger partial charge in [0.05, 0.1) is 10.9 Å². The van der Waals surface area contributed by atoms with Crippen LogP contribution in [0.25, 0.3) is 22.3 Å². The molecule has 1 aromatic heterocycles. The van der Waals surface area contributed by atoms with Crippen LogP contribution >= 0.6 is 0 Å². The van der Waals surface area contributed by atoms with E-state index in [4.69, 9.17) is 16.1 Å². The fourth-order valence-corrected chi connectivity index (χ4v) is 3.37. The van der Waals surface area contributed by atoms with E-state index in [1.807, 2.05) is 51.2 Å². The number of anilines is 1. The molecule has 3 aromatic rings. The van der Waals surface area contributed by atoms with Gasteiger partial charge in [0.25, 0.3) is 5.56 Å². The molecule has 4 N–H and O–H groups in total. The Morgan fingerprint density at radius 1 is 1.30 bits per heavy atom. The smallest absolute Gasteiger partial charge is 0.261 e. The minimum Gasteiger partial charge on any atom is -0.388 e. The molecule has 0 aliphatic rings. The van der Waals surface area contributed by atoms with E-state index in [0.29, 0.717) is 22.4 Å². The summed E-state index contributed by atoms with van der Waals surface area (Å²) in [4.78, 5) is 17.8. The summed E-state index contributed by atoms with van der Waals surface area (Å²) in [5.74, 6) is 0.559. The Balaban J connectivity index is 2.36. The van der Waals surface area contributed by atoms with Crippen molar-refractivity contribution in [1.29, 1.82) is 5.41 Å². The van der Waals surface area contributed by atoms with E-state index >= 15 is 0 Å². The molecule has 1 atom stereocenters. The van der Waals surface area contributed by atoms with Gasteiger partial charge in [0.2, 0.25) is 0 Å². The molecule has 6 nitrogen and oxygen atoms in total. The van der Waals surface area contributed by atoms with Crippen molar-refractivity contribution in [2.24, 2.45) is 12.8 Å². The van der Waals surface area contributed by atoms with Crippen molar-refractivity contribution in [3.8, 4) is 11.4 Å². The van der Waals surface area contributed by atoms with Gasteiger partial charge >= 0.3 is 0 Å². The van der Waals surface area contributed by atoms with Gasteiger partial charge < -0.3 is 16.5 Å². The highest BCUT2D eigenvalue weighted by Crippen LogP contribution is 2.27. The molecule has 0 aliphatic carbocycles. The fourth-order valence-electron chi connectivity index (χ4n) is 3.37. The Labute approximate surface area is 158 Å². The maximum Gasteiger partial charge on any atom is 0.261 e. The zero-order valence-electron chi connectivity index (χ0n) is 16.3. The molecule has 0 saturated heterocycles. The standard InChI is InChI=1S/C21H25N5O/c1-11-8-16(13(3)23)19-17(9-11)21(27)26(5)20(25-19)14-6-7-18(24-4)15(10-14)12(2)22/h6-10,13,22,24H,23H2,1-5H3. The zero-order chi connectivity index (χ0) is 19.9. The van der Waals surface area contributed by atoms with Gasteiger partial charge in [-0.05, 0) is 56.2 Å². The molecule has 1 heterocycles. The molecule has 2 aromatic carbocycles. The zero-order valence-corrected chi connectivity index (χ0v) is 16.3. The predicted molar refractivity (Wildman–Crippen MR) is 112 cm³/mol. The van der Waals surface area contributed by atoms with Crippen molar-refractivity contribution in [3.63, 3.8) is 0 Å². The topological polar surface area (TPSA) is 96.8 Å². The maximum atomic E-state index is 13.0. The largest absolute Gasteiger partial charge is 0.388 e. The Morgan fingerprint density at radius 3 is 2.59 bits per heavy atom. The summed E-state index contributed by atoms with van der Waals surface area (Å²) in [5, 5.41) is 11.7. The van der Waals surface area contributed by atoms with E-state index in [2.05, 4.69) is 5.32 Å². The first-order valence-electron chi connectivity index (χ1n) is 8.89. The van der Waals surface area contributed by atoms with E-state index in [-0.39, 0.29) is 11.6 Å². The van der Waals surface area contributed by atoms with Crippen LogP contribution in [0.1, 0.15) is 36.6 Å². The molecule has 0 bridgehead atoms. The van der Waals surface area contributed by atoms with Crippen LogP contribution in [0.5, 0.6) is 0 Å². The number of aryl methyl sites for hydroxylation is 1. The van der Waals surface area contributed by atoms with E-state index in [1.54, 1.807) is 18.5 Å². The molecule has 0 aliphatic heterocycles. The number of rotatable bonds is 4. The molecule has 1 unspecified atom stereocenters. The second kappa shape index (κ2) is 6.96. The van der Waals surface area contributed by atoms with Gasteiger partial charge in [-0.3, -0.25) is 9.36 Å². The Kier molecular flexibility index (Phi) is 4.85. The molecule has 0 amide bonds. The molecular weight excluding hydrogens is 338 g/mol. The number of nitrogens with zero attached hydrogens (tertiary/aromatic N) is 2. The Hall–Kier alpha value is -2.99. The minimum absolute atomic E-state index is 0.105. The van der Waals surface area contributed by atoms with E-state index in [1.165, 1.54) is 0 Å². The highest BCUT2D eigenvalue weighted by atomic mass is 16.1. The van der Waals surface area contributed by atoms with Crippen molar-refractivity contribution in [1.82, 2.24) is 9.55 Å². The summed E-state index contributed by atoms with van der Waals surface area (Å²) in [6.45, 7) is 5.59. The van der Waals surface area contributed by atoms with Crippen LogP contribution in [0.15, 0.2) is 35.1 Å². The van der Waals surface area contributed by atoms with Crippen LogP contribution in [0.4, 0.5) is 5.69 Å². The van der Waals surface area contributed by atoms with Gasteiger partial charge in [0.15, 0.2) is 0 Å². The van der Waals surface area contributed by atoms with Crippen LogP contribution in [-0.4, -0.2) is 22.3 Å². The first-order valence-corrected chi connectivity index (χ1v) is 8.89. The third-order valence-corrected chi connectivity index (χ3v) is 4.80. The summed E-state index contributed by atoms with van der Waals surface area (Å²) in [6.07, 6.45) is 0. The molecular formula is C21H25N5O. The first kappa shape index (κ1) is 18.8. The van der Waals surface area contributed by atoms with Crippen LogP contribution in [0.3, 0.4) is 0 Å². The van der Waals surface area contributed by atoms with Crippen LogP contribution < -0.4 is 16.6 Å². The van der Waals surface area contributed by atoms with Gasteiger partial charge in [0.1, 0.15) is 5.82 Å². The molecule has 0 radical (unpaired) electrons. The lowest BCUT2D eigenvalue weighted by Crippen LogP contribution is -2.22. The van der Waals surface area contributed by atoms with Gasteiger partial charge in [-0.2, -0.15) is 0 Å². The number of nitrogens with one attached hydrogen (secondary N) is 2. The summed E-state index contributed by atoms with van der Waals surface area (Å²) in [7, 11) is 3.55. The monoisotopic (exact) mass is 363 g/mol. The molecule has 6 heteroatoms. The quantitative estimate of drug-likeness (QED) is 0.619. The minimum atomic E-state index is -0.231. The highest BCUT2D eigenvalue weighted by Gasteiger charge is 2.16. The maximum absolute atomic E-state index is 13.0. The molecule has 3 rings (SSSR count). The number of benzene rings is 2. The van der Waals surface area contributed by atoms with Crippen molar-refractivity contribution in [3.05, 3.63) is 57.4 Å². The van der Waals surface area contributed by atoms with Crippen molar-refractivity contribution in [2.45, 2.75) is 26.8 Å². The number of aromatic nitrogens is 2. The number of hydrogen-bond acceptors (Lipinski definition) is 5. The fraction of sp³-hybridized carbons (Fsp3) is 0.286. The summed E-state index contributed by atoms with van der Waals surface area (Å²) >= 11 is 0. The Bertz CT molecular complexity index is 1110. The molecule has 0 saturated carbocycles. The van der Waals surface area contributed by atoms with E-state index < -0.39 is 0 Å². The molecule has 0 fully saturated rings. The SMILES string of the molecule is CNc1ccc(-c2nc3c(C(C)N)cc(C)cc3c(=O)n2C)cc1C(C)=N. The number of nitrogens with two attached hydrogens (primary N) is 1. The highest BCUT2D eigenvalue weighted by molar-refractivity contribution is 6.02. The Morgan fingerprint density at radius 2 is 2.00 bits per heavy atom. The van der Waals surface area contributed by atoms with Crippen molar-refractivity contribution >= 4 is 22.3 Å². The predicted octanol–water partition coefficient (Wildman–Crippen LogP) is 3.36. The second-order valence-electron chi connectivity index (χ2n) is 6.97. The van der Waals surface area contributed by atoms with Crippen LogP contribution in [0, 0.1) is 12.3 Å². The first-order chi connectivity index (χ1) is 12.7. The van der Waals surface area contributed by atoms with Gasteiger partial charge in [0, 0.05) is 42.7 Å². The lowest BCUT2D eigenvalue weighted by molar-refractivity contribution is 0.814. The average molecular weight is 363 g/mol. The summed E-state index contributed by atoms with van der Waals surface area (Å²) < 4.78 is 1.56. The van der Waals surface area contributed by atoms with Crippen molar-refractivity contribution < 1.29 is 0 Å². The molecule has 140 valence electrons.